The van der Waals surface area contributed by atoms with E-state index in [1.54, 1.807) is 18.2 Å². The van der Waals surface area contributed by atoms with Crippen LogP contribution in [0.25, 0.3) is 11.1 Å². The summed E-state index contributed by atoms with van der Waals surface area (Å²) >= 11 is 0. The number of carbonyl (C=O) groups excluding carboxylic acids is 1. The van der Waals surface area contributed by atoms with Crippen molar-refractivity contribution in [1.82, 2.24) is 9.97 Å². The maximum atomic E-state index is 11.4. The molecule has 3 rings (SSSR count). The van der Waals surface area contributed by atoms with Gasteiger partial charge in [-0.1, -0.05) is 0 Å². The molecule has 0 atom stereocenters. The molecule has 0 aliphatic rings. The second-order valence-electron chi connectivity index (χ2n) is 5.08. The zero-order chi connectivity index (χ0) is 15.0. The molecule has 0 aliphatic heterocycles. The number of hydrogen-bond acceptors (Lipinski definition) is 5. The number of fused-ring (bicyclic) bond motifs is 1. The first kappa shape index (κ1) is 13.5. The Kier molecular flexibility index (Phi) is 3.33. The van der Waals surface area contributed by atoms with Gasteiger partial charge in [0, 0.05) is 25.3 Å². The summed E-state index contributed by atoms with van der Waals surface area (Å²) in [6.07, 6.45) is 1.37. The van der Waals surface area contributed by atoms with Crippen LogP contribution in [0.2, 0.25) is 0 Å². The molecule has 21 heavy (non-hydrogen) atoms. The predicted octanol–water partition coefficient (Wildman–Crippen LogP) is 3.42. The summed E-state index contributed by atoms with van der Waals surface area (Å²) < 4.78 is 11.1. The largest absolute Gasteiger partial charge is 0.446 e. The van der Waals surface area contributed by atoms with Crippen LogP contribution in [0.15, 0.2) is 27.0 Å². The fraction of sp³-hybridized carbons (Fsp3) is 0.312. The van der Waals surface area contributed by atoms with Crippen LogP contribution in [-0.4, -0.2) is 15.8 Å². The smallest absolute Gasteiger partial charge is 0.195 e. The van der Waals surface area contributed by atoms with Gasteiger partial charge in [-0.25, -0.2) is 9.97 Å². The molecule has 1 aromatic carbocycles. The molecule has 0 radical (unpaired) electrons. The van der Waals surface area contributed by atoms with E-state index in [0.29, 0.717) is 34.9 Å². The lowest BCUT2D eigenvalue weighted by atomic mass is 10.1. The molecule has 0 saturated heterocycles. The molecule has 0 spiro atoms. The molecule has 5 heteroatoms. The molecule has 0 bridgehead atoms. The van der Waals surface area contributed by atoms with E-state index < -0.39 is 0 Å². The number of rotatable bonds is 4. The van der Waals surface area contributed by atoms with Crippen LogP contribution in [0.3, 0.4) is 0 Å². The molecule has 5 nitrogen and oxygen atoms in total. The standard InChI is InChI=1S/C16H16N2O3/c1-9(19)12-4-6-15-14(8-12)18-16(21-15)7-5-13-10(2)20-11(3)17-13/h4,6,8H,5,7H2,1-3H3. The molecule has 0 aliphatic carbocycles. The second-order valence-corrected chi connectivity index (χ2v) is 5.08. The number of aromatic nitrogens is 2. The van der Waals surface area contributed by atoms with E-state index in [2.05, 4.69) is 9.97 Å². The predicted molar refractivity (Wildman–Crippen MR) is 77.4 cm³/mol. The van der Waals surface area contributed by atoms with Crippen LogP contribution < -0.4 is 0 Å². The number of aryl methyl sites for hydroxylation is 4. The van der Waals surface area contributed by atoms with Crippen molar-refractivity contribution in [2.24, 2.45) is 0 Å². The fourth-order valence-electron chi connectivity index (χ4n) is 2.33. The number of oxazole rings is 2. The van der Waals surface area contributed by atoms with Gasteiger partial charge in [-0.05, 0) is 32.0 Å². The lowest BCUT2D eigenvalue weighted by molar-refractivity contribution is 0.101. The molecule has 0 amide bonds. The van der Waals surface area contributed by atoms with Gasteiger partial charge in [-0.3, -0.25) is 4.79 Å². The molecule has 0 unspecified atom stereocenters. The number of hydrogen-bond donors (Lipinski definition) is 0. The van der Waals surface area contributed by atoms with Crippen molar-refractivity contribution in [3.05, 3.63) is 47.0 Å². The summed E-state index contributed by atoms with van der Waals surface area (Å²) in [4.78, 5) is 20.1. The van der Waals surface area contributed by atoms with Crippen LogP contribution in [0.1, 0.15) is 40.5 Å². The summed E-state index contributed by atoms with van der Waals surface area (Å²) in [5, 5.41) is 0. The molecule has 108 valence electrons. The van der Waals surface area contributed by atoms with E-state index >= 15 is 0 Å². The Morgan fingerprint density at radius 2 is 1.95 bits per heavy atom. The molecule has 2 aromatic heterocycles. The van der Waals surface area contributed by atoms with Crippen molar-refractivity contribution < 1.29 is 13.6 Å². The van der Waals surface area contributed by atoms with Gasteiger partial charge < -0.3 is 8.83 Å². The molecule has 0 N–H and O–H groups in total. The highest BCUT2D eigenvalue weighted by atomic mass is 16.4. The summed E-state index contributed by atoms with van der Waals surface area (Å²) in [5.74, 6) is 2.18. The highest BCUT2D eigenvalue weighted by Crippen LogP contribution is 2.19. The minimum absolute atomic E-state index is 0.0233. The van der Waals surface area contributed by atoms with Crippen molar-refractivity contribution in [1.29, 1.82) is 0 Å². The van der Waals surface area contributed by atoms with Crippen molar-refractivity contribution in [3.63, 3.8) is 0 Å². The summed E-state index contributed by atoms with van der Waals surface area (Å²) in [5.41, 5.74) is 2.98. The highest BCUT2D eigenvalue weighted by molar-refractivity contribution is 5.96. The third-order valence-corrected chi connectivity index (χ3v) is 3.41. The van der Waals surface area contributed by atoms with Gasteiger partial charge in [0.15, 0.2) is 23.1 Å². The van der Waals surface area contributed by atoms with E-state index in [9.17, 15) is 4.79 Å². The summed E-state index contributed by atoms with van der Waals surface area (Å²) in [6.45, 7) is 5.28. The average molecular weight is 284 g/mol. The van der Waals surface area contributed by atoms with Gasteiger partial charge in [0.05, 0.1) is 5.69 Å². The first-order valence-electron chi connectivity index (χ1n) is 6.86. The Bertz CT molecular complexity index is 814. The molecule has 0 saturated carbocycles. The van der Waals surface area contributed by atoms with Crippen LogP contribution in [0, 0.1) is 13.8 Å². The fourth-order valence-corrected chi connectivity index (χ4v) is 2.33. The van der Waals surface area contributed by atoms with Gasteiger partial charge in [0.1, 0.15) is 11.3 Å². The van der Waals surface area contributed by atoms with Crippen LogP contribution >= 0.6 is 0 Å². The van der Waals surface area contributed by atoms with Gasteiger partial charge in [0.25, 0.3) is 0 Å². The molecule has 3 aromatic rings. The molecule has 2 heterocycles. The first-order valence-corrected chi connectivity index (χ1v) is 6.86. The van der Waals surface area contributed by atoms with Crippen LogP contribution in [0.5, 0.6) is 0 Å². The van der Waals surface area contributed by atoms with Crippen LogP contribution in [0.4, 0.5) is 0 Å². The van der Waals surface area contributed by atoms with Crippen molar-refractivity contribution in [3.8, 4) is 0 Å². The van der Waals surface area contributed by atoms with E-state index in [4.69, 9.17) is 8.83 Å². The van der Waals surface area contributed by atoms with E-state index in [0.717, 1.165) is 17.9 Å². The van der Waals surface area contributed by atoms with Crippen molar-refractivity contribution in [2.45, 2.75) is 33.6 Å². The van der Waals surface area contributed by atoms with Gasteiger partial charge in [-0.2, -0.15) is 0 Å². The minimum Gasteiger partial charge on any atom is -0.446 e. The lowest BCUT2D eigenvalue weighted by Crippen LogP contribution is -1.94. The van der Waals surface area contributed by atoms with E-state index in [1.807, 2.05) is 13.8 Å². The van der Waals surface area contributed by atoms with Gasteiger partial charge >= 0.3 is 0 Å². The third-order valence-electron chi connectivity index (χ3n) is 3.41. The van der Waals surface area contributed by atoms with Gasteiger partial charge in [-0.15, -0.1) is 0 Å². The van der Waals surface area contributed by atoms with Crippen molar-refractivity contribution in [2.75, 3.05) is 0 Å². The molecule has 0 fully saturated rings. The van der Waals surface area contributed by atoms with Gasteiger partial charge in [0.2, 0.25) is 0 Å². The van der Waals surface area contributed by atoms with Crippen LogP contribution in [-0.2, 0) is 12.8 Å². The SMILES string of the molecule is CC(=O)c1ccc2oc(CCc3nc(C)oc3C)nc2c1. The number of Topliss-reactive ketones (excluding diaryl/α,β-unsaturated/α-hetero) is 1. The van der Waals surface area contributed by atoms with E-state index in [1.165, 1.54) is 6.92 Å². The Morgan fingerprint density at radius 3 is 2.62 bits per heavy atom. The Morgan fingerprint density at radius 1 is 1.14 bits per heavy atom. The number of ketones is 1. The highest BCUT2D eigenvalue weighted by Gasteiger charge is 2.11. The number of nitrogens with zero attached hydrogens (tertiary/aromatic N) is 2. The zero-order valence-corrected chi connectivity index (χ0v) is 12.3. The maximum Gasteiger partial charge on any atom is 0.195 e. The topological polar surface area (TPSA) is 69.1 Å². The average Bonchev–Trinajstić information content (AvgIpc) is 2.97. The number of benzene rings is 1. The monoisotopic (exact) mass is 284 g/mol. The quantitative estimate of drug-likeness (QED) is 0.686. The zero-order valence-electron chi connectivity index (χ0n) is 12.3. The summed E-state index contributed by atoms with van der Waals surface area (Å²) in [7, 11) is 0. The minimum atomic E-state index is 0.0233. The third kappa shape index (κ3) is 2.72. The number of carbonyl (C=O) groups is 1. The lowest BCUT2D eigenvalue weighted by Gasteiger charge is -1.93. The second kappa shape index (κ2) is 5.16. The van der Waals surface area contributed by atoms with Crippen molar-refractivity contribution >= 4 is 16.9 Å². The Balaban J connectivity index is 1.81. The summed E-state index contributed by atoms with van der Waals surface area (Å²) in [6, 6.07) is 5.30. The Labute approximate surface area is 122 Å². The molecular weight excluding hydrogens is 268 g/mol. The Hall–Kier alpha value is -2.43. The molecular formula is C16H16N2O3. The van der Waals surface area contributed by atoms with E-state index in [-0.39, 0.29) is 5.78 Å². The first-order chi connectivity index (χ1) is 10.0. The maximum absolute atomic E-state index is 11.4. The normalized spacial score (nSPS) is 11.2.